The molecule has 8 heteroatoms. The van der Waals surface area contributed by atoms with Crippen LogP contribution in [0, 0.1) is 18.3 Å². The van der Waals surface area contributed by atoms with Gasteiger partial charge in [0.1, 0.15) is 17.4 Å². The van der Waals surface area contributed by atoms with E-state index in [0.29, 0.717) is 21.9 Å². The summed E-state index contributed by atoms with van der Waals surface area (Å²) >= 11 is 6.00. The van der Waals surface area contributed by atoms with Crippen LogP contribution < -0.4 is 11.0 Å². The van der Waals surface area contributed by atoms with Crippen molar-refractivity contribution in [2.45, 2.75) is 26.8 Å². The smallest absolute Gasteiger partial charge is 0.279 e. The topological polar surface area (TPSA) is 92.5 Å². The van der Waals surface area contributed by atoms with Crippen LogP contribution in [-0.4, -0.2) is 19.9 Å². The van der Waals surface area contributed by atoms with Crippen molar-refractivity contribution in [3.63, 3.8) is 0 Å². The van der Waals surface area contributed by atoms with E-state index < -0.39 is 5.91 Å². The van der Waals surface area contributed by atoms with Gasteiger partial charge in [0, 0.05) is 22.8 Å². The number of hydrogen-bond donors (Lipinski definition) is 0. The number of carbonyl (C=O) groups excluding carboxylic acids is 1. The lowest BCUT2D eigenvalue weighted by Gasteiger charge is -2.17. The van der Waals surface area contributed by atoms with Crippen molar-refractivity contribution in [1.82, 2.24) is 14.0 Å². The Balaban J connectivity index is 2.15. The molecule has 0 radical (unpaired) electrons. The average molecular weight is 432 g/mol. The Morgan fingerprint density at radius 3 is 2.65 bits per heavy atom. The minimum Gasteiger partial charge on any atom is -0.306 e. The first-order chi connectivity index (χ1) is 14.8. The number of aryl methyl sites for hydroxylation is 1. The summed E-state index contributed by atoms with van der Waals surface area (Å²) in [6.07, 6.45) is 1.64. The highest BCUT2D eigenvalue weighted by Crippen LogP contribution is 2.16. The Bertz CT molecular complexity index is 1540. The molecular weight excluding hydrogens is 414 g/mol. The number of nitrogens with zero attached hydrogens (tertiary/aromatic N) is 5. The van der Waals surface area contributed by atoms with Crippen LogP contribution in [0.25, 0.3) is 16.7 Å². The molecule has 0 N–H and O–H groups in total. The summed E-state index contributed by atoms with van der Waals surface area (Å²) in [6, 6.07) is 13.4. The summed E-state index contributed by atoms with van der Waals surface area (Å²) in [4.78, 5) is 35.0. The third kappa shape index (κ3) is 3.51. The fourth-order valence-electron chi connectivity index (χ4n) is 3.52. The fraction of sp³-hybridized carbons (Fsp3) is 0.174. The number of halogens is 1. The number of aromatic nitrogens is 3. The van der Waals surface area contributed by atoms with Crippen molar-refractivity contribution < 1.29 is 4.79 Å². The van der Waals surface area contributed by atoms with Gasteiger partial charge in [0.15, 0.2) is 5.49 Å². The van der Waals surface area contributed by atoms with E-state index in [0.717, 1.165) is 5.56 Å². The van der Waals surface area contributed by atoms with Crippen LogP contribution in [0.3, 0.4) is 0 Å². The average Bonchev–Trinajstić information content (AvgIpc) is 2.74. The summed E-state index contributed by atoms with van der Waals surface area (Å²) in [5, 5.41) is 10.5. The number of fused-ring (bicyclic) bond motifs is 2. The summed E-state index contributed by atoms with van der Waals surface area (Å²) in [7, 11) is 0. The number of rotatable bonds is 2. The third-order valence-corrected chi connectivity index (χ3v) is 5.20. The summed E-state index contributed by atoms with van der Waals surface area (Å²) in [6.45, 7) is 5.63. The van der Waals surface area contributed by atoms with Gasteiger partial charge in [-0.15, -0.1) is 0 Å². The van der Waals surface area contributed by atoms with E-state index >= 15 is 0 Å². The molecule has 0 bridgehead atoms. The lowest BCUT2D eigenvalue weighted by Crippen LogP contribution is -2.30. The summed E-state index contributed by atoms with van der Waals surface area (Å²) in [5.41, 5.74) is 1.98. The van der Waals surface area contributed by atoms with E-state index in [1.807, 2.05) is 26.8 Å². The van der Waals surface area contributed by atoms with Crippen molar-refractivity contribution in [3.05, 3.63) is 86.2 Å². The zero-order chi connectivity index (χ0) is 22.3. The Labute approximate surface area is 182 Å². The van der Waals surface area contributed by atoms with Crippen molar-refractivity contribution in [1.29, 1.82) is 5.26 Å². The van der Waals surface area contributed by atoms with Crippen molar-refractivity contribution in [2.75, 3.05) is 0 Å². The molecule has 0 fully saturated rings. The highest BCUT2D eigenvalue weighted by atomic mass is 35.5. The molecule has 154 valence electrons. The lowest BCUT2D eigenvalue weighted by molar-refractivity contribution is 0.0997. The van der Waals surface area contributed by atoms with Gasteiger partial charge in [0.05, 0.1) is 10.9 Å². The number of hydrogen-bond acceptors (Lipinski definition) is 4. The van der Waals surface area contributed by atoms with E-state index in [-0.39, 0.29) is 28.0 Å². The maximum atomic E-state index is 13.2. The van der Waals surface area contributed by atoms with E-state index in [4.69, 9.17) is 16.6 Å². The second-order valence-electron chi connectivity index (χ2n) is 7.42. The van der Waals surface area contributed by atoms with E-state index in [1.54, 1.807) is 35.0 Å². The molecule has 0 unspecified atom stereocenters. The van der Waals surface area contributed by atoms with Gasteiger partial charge in [-0.25, -0.2) is 4.98 Å². The van der Waals surface area contributed by atoms with Gasteiger partial charge in [0.2, 0.25) is 0 Å². The Hall–Kier alpha value is -3.76. The molecule has 7 nitrogen and oxygen atoms in total. The van der Waals surface area contributed by atoms with Gasteiger partial charge in [-0.3, -0.25) is 14.0 Å². The fourth-order valence-corrected chi connectivity index (χ4v) is 3.71. The van der Waals surface area contributed by atoms with Gasteiger partial charge in [0.25, 0.3) is 11.5 Å². The Morgan fingerprint density at radius 1 is 1.19 bits per heavy atom. The predicted octanol–water partition coefficient (Wildman–Crippen LogP) is 3.80. The normalized spacial score (nSPS) is 11.9. The molecule has 4 aromatic rings. The number of carbonyl (C=O) groups is 1. The molecule has 3 aromatic heterocycles. The van der Waals surface area contributed by atoms with Crippen LogP contribution in [0.15, 0.2) is 58.4 Å². The standard InChI is InChI=1S/C23H18ClN5O2/c1-13(2)29-20(27-22(30)15-7-4-8-17(24)10-15)16(12-25)11-18-21(29)26-19-14(3)6-5-9-28(19)23(18)31/h4-11,13H,1-3H3. The number of benzene rings is 1. The molecule has 0 saturated carbocycles. The predicted molar refractivity (Wildman–Crippen MR) is 118 cm³/mol. The van der Waals surface area contributed by atoms with Crippen LogP contribution in [-0.2, 0) is 0 Å². The van der Waals surface area contributed by atoms with E-state index in [1.165, 1.54) is 16.5 Å². The first kappa shape index (κ1) is 20.5. The molecule has 0 aliphatic heterocycles. The quantitative estimate of drug-likeness (QED) is 0.451. The molecule has 0 atom stereocenters. The second kappa shape index (κ2) is 7.82. The first-order valence-corrected chi connectivity index (χ1v) is 10.0. The molecule has 1 amide bonds. The molecule has 0 saturated heterocycles. The van der Waals surface area contributed by atoms with Crippen LogP contribution in [0.5, 0.6) is 0 Å². The zero-order valence-corrected chi connectivity index (χ0v) is 17.9. The number of nitriles is 1. The molecule has 1 aromatic carbocycles. The monoisotopic (exact) mass is 431 g/mol. The van der Waals surface area contributed by atoms with Crippen LogP contribution in [0.2, 0.25) is 5.02 Å². The number of amides is 1. The number of pyridine rings is 2. The Morgan fingerprint density at radius 2 is 1.97 bits per heavy atom. The van der Waals surface area contributed by atoms with Gasteiger partial charge in [-0.1, -0.05) is 23.7 Å². The van der Waals surface area contributed by atoms with Gasteiger partial charge in [-0.2, -0.15) is 10.3 Å². The van der Waals surface area contributed by atoms with Gasteiger partial charge in [-0.05, 0) is 56.7 Å². The SMILES string of the molecule is Cc1cccn2c(=O)c3cc(C#N)c(=NC(=O)c4cccc(Cl)c4)n(C(C)C)c3nc12. The second-order valence-corrected chi connectivity index (χ2v) is 7.86. The van der Waals surface area contributed by atoms with Crippen LogP contribution >= 0.6 is 11.6 Å². The maximum Gasteiger partial charge on any atom is 0.279 e. The van der Waals surface area contributed by atoms with Crippen LogP contribution in [0.4, 0.5) is 0 Å². The Kier molecular flexibility index (Phi) is 5.17. The maximum absolute atomic E-state index is 13.2. The third-order valence-electron chi connectivity index (χ3n) is 4.97. The minimum absolute atomic E-state index is 0.114. The highest BCUT2D eigenvalue weighted by molar-refractivity contribution is 6.31. The van der Waals surface area contributed by atoms with Crippen LogP contribution in [0.1, 0.15) is 41.4 Å². The largest absolute Gasteiger partial charge is 0.306 e. The molecular formula is C23H18ClN5O2. The molecule has 0 aliphatic carbocycles. The summed E-state index contributed by atoms with van der Waals surface area (Å²) < 4.78 is 3.11. The molecule has 31 heavy (non-hydrogen) atoms. The molecule has 3 heterocycles. The lowest BCUT2D eigenvalue weighted by atomic mass is 10.2. The zero-order valence-electron chi connectivity index (χ0n) is 17.1. The molecule has 0 spiro atoms. The minimum atomic E-state index is -0.540. The van der Waals surface area contributed by atoms with Gasteiger partial charge >= 0.3 is 0 Å². The van der Waals surface area contributed by atoms with E-state index in [2.05, 4.69) is 11.1 Å². The summed E-state index contributed by atoms with van der Waals surface area (Å²) in [5.74, 6) is -0.540. The van der Waals surface area contributed by atoms with Crippen molar-refractivity contribution in [3.8, 4) is 6.07 Å². The highest BCUT2D eigenvalue weighted by Gasteiger charge is 2.17. The van der Waals surface area contributed by atoms with Crippen molar-refractivity contribution >= 4 is 34.2 Å². The molecule has 4 rings (SSSR count). The van der Waals surface area contributed by atoms with Crippen molar-refractivity contribution in [2.24, 2.45) is 4.99 Å². The van der Waals surface area contributed by atoms with Gasteiger partial charge < -0.3 is 4.57 Å². The van der Waals surface area contributed by atoms with E-state index in [9.17, 15) is 14.9 Å². The first-order valence-electron chi connectivity index (χ1n) is 9.63. The molecule has 0 aliphatic rings.